The molecule has 8 heteroatoms. The third kappa shape index (κ3) is 5.32. The van der Waals surface area contributed by atoms with Gasteiger partial charge in [0.2, 0.25) is 5.91 Å². The fourth-order valence-electron chi connectivity index (χ4n) is 5.70. The summed E-state index contributed by atoms with van der Waals surface area (Å²) < 4.78 is 0. The maximum Gasteiger partial charge on any atom is 0.226 e. The van der Waals surface area contributed by atoms with E-state index in [9.17, 15) is 4.79 Å². The number of allylic oxidation sites excluding steroid dienone is 1. The third-order valence-corrected chi connectivity index (χ3v) is 8.78. The van der Waals surface area contributed by atoms with Crippen LogP contribution in [0.4, 0.5) is 11.4 Å². The third-order valence-electron chi connectivity index (χ3n) is 8.10. The lowest BCUT2D eigenvalue weighted by Crippen LogP contribution is -2.42. The average molecular weight is 574 g/mol. The monoisotopic (exact) mass is 573 g/mol. The van der Waals surface area contributed by atoms with Gasteiger partial charge < -0.3 is 20.4 Å². The Kier molecular flexibility index (Phi) is 7.64. The number of rotatable bonds is 6. The van der Waals surface area contributed by atoms with Crippen LogP contribution in [0.3, 0.4) is 0 Å². The smallest absolute Gasteiger partial charge is 0.226 e. The maximum atomic E-state index is 13.1. The second-order valence-electron chi connectivity index (χ2n) is 11.4. The van der Waals surface area contributed by atoms with E-state index in [0.29, 0.717) is 16.7 Å². The van der Waals surface area contributed by atoms with Gasteiger partial charge in [-0.1, -0.05) is 35.9 Å². The molecule has 1 aromatic heterocycles. The second kappa shape index (κ2) is 10.9. The number of pyridine rings is 1. The average Bonchev–Trinajstić information content (AvgIpc) is 3.24. The Morgan fingerprint density at radius 2 is 1.93 bits per heavy atom. The minimum Gasteiger partial charge on any atom is -0.365 e. The van der Waals surface area contributed by atoms with E-state index in [1.165, 1.54) is 5.57 Å². The zero-order valence-electron chi connectivity index (χ0n) is 23.9. The van der Waals surface area contributed by atoms with Gasteiger partial charge in [-0.3, -0.25) is 9.78 Å². The number of nitrogens with zero attached hydrogens (tertiary/aromatic N) is 3. The van der Waals surface area contributed by atoms with E-state index < -0.39 is 0 Å². The number of carbonyl (C=O) groups excluding carboxylic acids is 1. The highest BCUT2D eigenvalue weighted by Crippen LogP contribution is 2.46. The summed E-state index contributed by atoms with van der Waals surface area (Å²) in [6.45, 7) is 11.0. The first-order valence-electron chi connectivity index (χ1n) is 13.6. The van der Waals surface area contributed by atoms with E-state index in [4.69, 9.17) is 23.8 Å². The van der Waals surface area contributed by atoms with Gasteiger partial charge in [-0.05, 0) is 99.4 Å². The van der Waals surface area contributed by atoms with Crippen molar-refractivity contribution in [2.75, 3.05) is 23.8 Å². The summed E-state index contributed by atoms with van der Waals surface area (Å²) >= 11 is 12.9. The Labute approximate surface area is 247 Å². The van der Waals surface area contributed by atoms with Gasteiger partial charge in [0.05, 0.1) is 23.3 Å². The van der Waals surface area contributed by atoms with E-state index in [2.05, 4.69) is 71.4 Å². The largest absolute Gasteiger partial charge is 0.365 e. The van der Waals surface area contributed by atoms with Crippen LogP contribution in [-0.2, 0) is 4.79 Å². The number of fused-ring (bicyclic) bond motifs is 1. The SMILES string of the molecule is CC1=CC(C)(C)N(C)c2cc(Cl)c([C@@H]3[C@H](c4ccccn4)NC(=S)N3CCC(=O)Nc3cc(C)ccc3C)cc21. The van der Waals surface area contributed by atoms with E-state index >= 15 is 0 Å². The number of thiocarbonyl (C=S) groups is 1. The Bertz CT molecular complexity index is 1500. The first-order valence-corrected chi connectivity index (χ1v) is 14.4. The van der Waals surface area contributed by atoms with Crippen LogP contribution in [0.1, 0.15) is 67.2 Å². The highest BCUT2D eigenvalue weighted by atomic mass is 35.5. The van der Waals surface area contributed by atoms with E-state index in [-0.39, 0.29) is 30.0 Å². The molecule has 0 aliphatic carbocycles. The molecule has 0 saturated carbocycles. The van der Waals surface area contributed by atoms with Crippen LogP contribution in [0.5, 0.6) is 0 Å². The molecule has 0 spiro atoms. The number of amides is 1. The summed E-state index contributed by atoms with van der Waals surface area (Å²) in [5.41, 5.74) is 8.13. The fourth-order valence-corrected chi connectivity index (χ4v) is 6.31. The molecule has 2 atom stereocenters. The molecule has 1 saturated heterocycles. The van der Waals surface area contributed by atoms with Crippen LogP contribution >= 0.6 is 23.8 Å². The van der Waals surface area contributed by atoms with Gasteiger partial charge >= 0.3 is 0 Å². The molecule has 1 amide bonds. The molecule has 0 radical (unpaired) electrons. The number of carbonyl (C=O) groups is 1. The number of benzene rings is 2. The van der Waals surface area contributed by atoms with Gasteiger partial charge in [-0.2, -0.15) is 0 Å². The van der Waals surface area contributed by atoms with Crippen LogP contribution in [0.2, 0.25) is 5.02 Å². The summed E-state index contributed by atoms with van der Waals surface area (Å²) in [5, 5.41) is 7.80. The van der Waals surface area contributed by atoms with Crippen molar-refractivity contribution < 1.29 is 4.79 Å². The number of halogens is 1. The molecule has 3 heterocycles. The lowest BCUT2D eigenvalue weighted by Gasteiger charge is -2.41. The van der Waals surface area contributed by atoms with Crippen LogP contribution in [0.15, 0.2) is 60.8 Å². The molecule has 2 N–H and O–H groups in total. The molecular formula is C32H36ClN5OS. The number of aromatic nitrogens is 1. The summed E-state index contributed by atoms with van der Waals surface area (Å²) in [4.78, 5) is 22.1. The molecule has 6 nitrogen and oxygen atoms in total. The normalized spacial score (nSPS) is 19.7. The van der Waals surface area contributed by atoms with Crippen molar-refractivity contribution in [3.05, 3.63) is 93.8 Å². The summed E-state index contributed by atoms with van der Waals surface area (Å²) in [5.74, 6) is -0.0595. The van der Waals surface area contributed by atoms with Gasteiger partial charge in [-0.15, -0.1) is 0 Å². The molecular weight excluding hydrogens is 538 g/mol. The minimum absolute atomic E-state index is 0.0595. The van der Waals surface area contributed by atoms with Crippen molar-refractivity contribution >= 4 is 51.8 Å². The van der Waals surface area contributed by atoms with Gasteiger partial charge in [0.1, 0.15) is 0 Å². The van der Waals surface area contributed by atoms with Crippen molar-refractivity contribution in [3.8, 4) is 0 Å². The fraction of sp³-hybridized carbons (Fsp3) is 0.344. The summed E-state index contributed by atoms with van der Waals surface area (Å²) in [7, 11) is 2.10. The highest BCUT2D eigenvalue weighted by molar-refractivity contribution is 7.80. The van der Waals surface area contributed by atoms with Gasteiger partial charge in [-0.25, -0.2) is 0 Å². The molecule has 3 aromatic rings. The lowest BCUT2D eigenvalue weighted by atomic mass is 9.86. The Morgan fingerprint density at radius 1 is 1.15 bits per heavy atom. The number of likely N-dealkylation sites (N-methyl/N-ethyl adjacent to an activating group) is 1. The standard InChI is InChI=1S/C32H36ClN5OS/c1-19-10-11-20(2)26(15-19)35-28(39)12-14-38-30(29(36-31(38)40)25-9-7-8-13-34-25)23-16-22-21(3)18-32(4,5)37(6)27(22)17-24(23)33/h7-11,13,15-18,29-30H,12,14H2,1-6H3,(H,35,39)(H,36,40)/t29-,30+/m0/s1. The molecule has 5 rings (SSSR count). The second-order valence-corrected chi connectivity index (χ2v) is 12.2. The van der Waals surface area contributed by atoms with Gasteiger partial charge in [0, 0.05) is 48.2 Å². The van der Waals surface area contributed by atoms with Gasteiger partial charge in [0.25, 0.3) is 0 Å². The maximum absolute atomic E-state index is 13.1. The van der Waals surface area contributed by atoms with Gasteiger partial charge in [0.15, 0.2) is 5.11 Å². The molecule has 40 heavy (non-hydrogen) atoms. The Morgan fingerprint density at radius 3 is 2.65 bits per heavy atom. The quantitative estimate of drug-likeness (QED) is 0.310. The van der Waals surface area contributed by atoms with Crippen molar-refractivity contribution in [2.45, 2.75) is 58.7 Å². The van der Waals surface area contributed by atoms with Crippen molar-refractivity contribution in [1.29, 1.82) is 0 Å². The Balaban J connectivity index is 1.49. The number of hydrogen-bond acceptors (Lipinski definition) is 4. The lowest BCUT2D eigenvalue weighted by molar-refractivity contribution is -0.116. The first kappa shape index (κ1) is 28.1. The van der Waals surface area contributed by atoms with Crippen molar-refractivity contribution in [2.24, 2.45) is 0 Å². The van der Waals surface area contributed by atoms with Crippen LogP contribution < -0.4 is 15.5 Å². The Hall–Kier alpha value is -3.42. The predicted molar refractivity (Wildman–Crippen MR) is 169 cm³/mol. The number of hydrogen-bond donors (Lipinski definition) is 2. The molecule has 0 unspecified atom stereocenters. The zero-order chi connectivity index (χ0) is 28.8. The number of anilines is 2. The van der Waals surface area contributed by atoms with Crippen LogP contribution in [0, 0.1) is 13.8 Å². The van der Waals surface area contributed by atoms with E-state index in [1.807, 2.05) is 50.2 Å². The summed E-state index contributed by atoms with van der Waals surface area (Å²) in [6, 6.07) is 15.7. The predicted octanol–water partition coefficient (Wildman–Crippen LogP) is 6.98. The number of nitrogens with one attached hydrogen (secondary N) is 2. The van der Waals surface area contributed by atoms with E-state index in [0.717, 1.165) is 39.3 Å². The first-order chi connectivity index (χ1) is 19.0. The molecule has 0 bridgehead atoms. The molecule has 1 fully saturated rings. The highest BCUT2D eigenvalue weighted by Gasteiger charge is 2.41. The topological polar surface area (TPSA) is 60.5 Å². The zero-order valence-corrected chi connectivity index (χ0v) is 25.5. The minimum atomic E-state index is -0.234. The molecule has 2 aromatic carbocycles. The molecule has 208 valence electrons. The van der Waals surface area contributed by atoms with Crippen molar-refractivity contribution in [1.82, 2.24) is 15.2 Å². The van der Waals surface area contributed by atoms with E-state index in [1.54, 1.807) is 6.20 Å². The molecule has 2 aliphatic heterocycles. The molecule has 2 aliphatic rings. The van der Waals surface area contributed by atoms with Crippen molar-refractivity contribution in [3.63, 3.8) is 0 Å². The van der Waals surface area contributed by atoms with Crippen LogP contribution in [-0.4, -0.2) is 40.0 Å². The summed E-state index contributed by atoms with van der Waals surface area (Å²) in [6.07, 6.45) is 4.35. The number of aryl methyl sites for hydroxylation is 2. The van der Waals surface area contributed by atoms with Crippen LogP contribution in [0.25, 0.3) is 5.57 Å².